The molecule has 1 saturated heterocycles. The fraction of sp³-hybridized carbons (Fsp3) is 0.524. The van der Waals surface area contributed by atoms with E-state index in [-0.39, 0.29) is 29.4 Å². The van der Waals surface area contributed by atoms with Crippen molar-refractivity contribution in [2.75, 3.05) is 39.8 Å². The van der Waals surface area contributed by atoms with Crippen LogP contribution in [0.2, 0.25) is 0 Å². The standard InChI is InChI=1S/C21H28BrN5O.HI/c1-23-20(27-11-9-26(10-12-27)15-19-6-13-28-25-19)24-16-21(7-3-8-21)17-4-2-5-18(22)14-17;/h2,4-6,13-14H,3,7-12,15-16H2,1H3,(H,23,24);1H. The van der Waals surface area contributed by atoms with Gasteiger partial charge in [0.2, 0.25) is 0 Å². The monoisotopic (exact) mass is 573 g/mol. The zero-order valence-electron chi connectivity index (χ0n) is 16.8. The Bertz CT molecular complexity index is 801. The molecule has 2 aromatic rings. The van der Waals surface area contributed by atoms with Crippen LogP contribution >= 0.6 is 39.9 Å². The second-order valence-corrected chi connectivity index (χ2v) is 8.71. The van der Waals surface area contributed by atoms with E-state index in [1.165, 1.54) is 24.8 Å². The van der Waals surface area contributed by atoms with Crippen LogP contribution in [0.3, 0.4) is 0 Å². The molecule has 158 valence electrons. The Morgan fingerprint density at radius 3 is 2.62 bits per heavy atom. The zero-order valence-corrected chi connectivity index (χ0v) is 20.7. The van der Waals surface area contributed by atoms with Gasteiger partial charge in [-0.05, 0) is 30.5 Å². The lowest BCUT2D eigenvalue weighted by molar-refractivity contribution is 0.167. The van der Waals surface area contributed by atoms with E-state index in [1.807, 2.05) is 13.1 Å². The molecule has 2 aliphatic rings. The summed E-state index contributed by atoms with van der Waals surface area (Å²) in [5.74, 6) is 1.02. The van der Waals surface area contributed by atoms with Crippen LogP contribution in [0.4, 0.5) is 0 Å². The molecule has 8 heteroatoms. The van der Waals surface area contributed by atoms with Gasteiger partial charge in [-0.25, -0.2) is 0 Å². The molecule has 6 nitrogen and oxygen atoms in total. The molecule has 29 heavy (non-hydrogen) atoms. The summed E-state index contributed by atoms with van der Waals surface area (Å²) in [6.07, 6.45) is 5.41. The predicted molar refractivity (Wildman–Crippen MR) is 130 cm³/mol. The summed E-state index contributed by atoms with van der Waals surface area (Å²) in [4.78, 5) is 9.34. The third-order valence-electron chi connectivity index (χ3n) is 6.09. The number of guanidine groups is 1. The van der Waals surface area contributed by atoms with E-state index in [1.54, 1.807) is 6.26 Å². The first-order valence-corrected chi connectivity index (χ1v) is 10.8. The van der Waals surface area contributed by atoms with Crippen molar-refractivity contribution in [1.82, 2.24) is 20.3 Å². The number of aliphatic imine (C=N–C) groups is 1. The molecule has 1 aliphatic carbocycles. The first-order chi connectivity index (χ1) is 13.7. The molecular formula is C21H29BrIN5O. The Labute approximate surface area is 198 Å². The Hall–Kier alpha value is -1.13. The molecule has 1 aliphatic heterocycles. The quantitative estimate of drug-likeness (QED) is 0.334. The van der Waals surface area contributed by atoms with Crippen LogP contribution in [-0.2, 0) is 12.0 Å². The average molecular weight is 574 g/mol. The number of aromatic nitrogens is 1. The van der Waals surface area contributed by atoms with Gasteiger partial charge in [0.05, 0.1) is 5.69 Å². The van der Waals surface area contributed by atoms with Gasteiger partial charge in [0, 0.05) is 62.3 Å². The van der Waals surface area contributed by atoms with Gasteiger partial charge in [-0.15, -0.1) is 24.0 Å². The largest absolute Gasteiger partial charge is 0.364 e. The highest BCUT2D eigenvalue weighted by Crippen LogP contribution is 2.43. The number of benzene rings is 1. The molecule has 1 N–H and O–H groups in total. The molecule has 1 aromatic carbocycles. The molecular weight excluding hydrogens is 545 g/mol. The van der Waals surface area contributed by atoms with Crippen molar-refractivity contribution in [3.63, 3.8) is 0 Å². The minimum absolute atomic E-state index is 0. The van der Waals surface area contributed by atoms with E-state index in [9.17, 15) is 0 Å². The second-order valence-electron chi connectivity index (χ2n) is 7.80. The van der Waals surface area contributed by atoms with Crippen molar-refractivity contribution in [2.45, 2.75) is 31.2 Å². The zero-order chi connectivity index (χ0) is 19.4. The lowest BCUT2D eigenvalue weighted by Crippen LogP contribution is -2.55. The molecule has 0 spiro atoms. The lowest BCUT2D eigenvalue weighted by Gasteiger charge is -2.44. The molecule has 0 bridgehead atoms. The van der Waals surface area contributed by atoms with Crippen molar-refractivity contribution < 1.29 is 4.52 Å². The molecule has 4 rings (SSSR count). The molecule has 0 atom stereocenters. The summed E-state index contributed by atoms with van der Waals surface area (Å²) in [5.41, 5.74) is 2.65. The van der Waals surface area contributed by atoms with Gasteiger partial charge in [-0.2, -0.15) is 0 Å². The van der Waals surface area contributed by atoms with Crippen LogP contribution in [0, 0.1) is 0 Å². The summed E-state index contributed by atoms with van der Waals surface area (Å²) >= 11 is 3.62. The number of hydrogen-bond donors (Lipinski definition) is 1. The van der Waals surface area contributed by atoms with E-state index >= 15 is 0 Å². The molecule has 1 aromatic heterocycles. The maximum atomic E-state index is 4.94. The van der Waals surface area contributed by atoms with Crippen LogP contribution in [0.5, 0.6) is 0 Å². The van der Waals surface area contributed by atoms with Gasteiger partial charge in [-0.3, -0.25) is 9.89 Å². The summed E-state index contributed by atoms with van der Waals surface area (Å²) in [7, 11) is 1.89. The summed E-state index contributed by atoms with van der Waals surface area (Å²) in [6.45, 7) is 5.75. The van der Waals surface area contributed by atoms with Crippen LogP contribution < -0.4 is 5.32 Å². The summed E-state index contributed by atoms with van der Waals surface area (Å²) < 4.78 is 6.09. The highest BCUT2D eigenvalue weighted by atomic mass is 127. The Balaban J connectivity index is 0.00000240. The average Bonchev–Trinajstić information content (AvgIpc) is 3.18. The number of halogens is 2. The van der Waals surface area contributed by atoms with Gasteiger partial charge in [0.1, 0.15) is 6.26 Å². The number of nitrogens with one attached hydrogen (secondary N) is 1. The number of nitrogens with zero attached hydrogens (tertiary/aromatic N) is 4. The number of hydrogen-bond acceptors (Lipinski definition) is 4. The van der Waals surface area contributed by atoms with Gasteiger partial charge in [0.25, 0.3) is 0 Å². The number of rotatable bonds is 5. The Kier molecular flexibility index (Phi) is 7.98. The van der Waals surface area contributed by atoms with Gasteiger partial charge in [-0.1, -0.05) is 39.6 Å². The van der Waals surface area contributed by atoms with Crippen molar-refractivity contribution >= 4 is 45.9 Å². The first-order valence-electron chi connectivity index (χ1n) is 10.0. The minimum atomic E-state index is 0. The normalized spacial score (nSPS) is 19.4. The molecule has 2 fully saturated rings. The lowest BCUT2D eigenvalue weighted by atomic mass is 9.64. The van der Waals surface area contributed by atoms with E-state index in [0.717, 1.165) is 55.4 Å². The van der Waals surface area contributed by atoms with Crippen molar-refractivity contribution in [2.24, 2.45) is 4.99 Å². The van der Waals surface area contributed by atoms with Crippen LogP contribution in [0.25, 0.3) is 0 Å². The summed E-state index contributed by atoms with van der Waals surface area (Å²) in [5, 5.41) is 7.69. The van der Waals surface area contributed by atoms with E-state index in [0.29, 0.717) is 0 Å². The molecule has 0 unspecified atom stereocenters. The van der Waals surface area contributed by atoms with Gasteiger partial charge in [0.15, 0.2) is 5.96 Å². The second kappa shape index (κ2) is 10.3. The smallest absolute Gasteiger partial charge is 0.193 e. The third-order valence-corrected chi connectivity index (χ3v) is 6.59. The minimum Gasteiger partial charge on any atom is -0.364 e. The van der Waals surface area contributed by atoms with Crippen LogP contribution in [0.15, 0.2) is 50.6 Å². The molecule has 0 radical (unpaired) electrons. The van der Waals surface area contributed by atoms with E-state index in [2.05, 4.69) is 65.5 Å². The highest BCUT2D eigenvalue weighted by Gasteiger charge is 2.39. The van der Waals surface area contributed by atoms with Crippen molar-refractivity contribution in [1.29, 1.82) is 0 Å². The fourth-order valence-electron chi connectivity index (χ4n) is 4.24. The molecule has 0 amide bonds. The highest BCUT2D eigenvalue weighted by molar-refractivity contribution is 14.0. The van der Waals surface area contributed by atoms with Gasteiger partial charge >= 0.3 is 0 Å². The fourth-order valence-corrected chi connectivity index (χ4v) is 4.64. The van der Waals surface area contributed by atoms with Crippen molar-refractivity contribution in [3.8, 4) is 0 Å². The molecule has 1 saturated carbocycles. The van der Waals surface area contributed by atoms with Crippen molar-refractivity contribution in [3.05, 3.63) is 52.3 Å². The topological polar surface area (TPSA) is 56.9 Å². The van der Waals surface area contributed by atoms with Gasteiger partial charge < -0.3 is 14.7 Å². The SMILES string of the molecule is CN=C(NCC1(c2cccc(Br)c2)CCC1)N1CCN(Cc2ccon2)CC1.I. The number of piperazine rings is 1. The predicted octanol–water partition coefficient (Wildman–Crippen LogP) is 3.87. The van der Waals surface area contributed by atoms with E-state index in [4.69, 9.17) is 4.52 Å². The summed E-state index contributed by atoms with van der Waals surface area (Å²) in [6, 6.07) is 10.7. The maximum Gasteiger partial charge on any atom is 0.193 e. The Morgan fingerprint density at radius 1 is 1.24 bits per heavy atom. The van der Waals surface area contributed by atoms with E-state index < -0.39 is 0 Å². The van der Waals surface area contributed by atoms with Crippen LogP contribution in [0.1, 0.15) is 30.5 Å². The maximum absolute atomic E-state index is 4.94. The molecule has 2 heterocycles. The Morgan fingerprint density at radius 2 is 2.03 bits per heavy atom. The first kappa shape index (κ1) is 22.6. The third kappa shape index (κ3) is 5.32. The van der Waals surface area contributed by atoms with Crippen LogP contribution in [-0.4, -0.2) is 60.7 Å².